The molecule has 1 amide bonds. The number of hydrogen-bond donors (Lipinski definition) is 1. The number of carbonyl (C=O) groups excluding carboxylic acids is 1. The van der Waals surface area contributed by atoms with Crippen molar-refractivity contribution in [2.75, 3.05) is 11.4 Å². The molecular weight excluding hydrogens is 230 g/mol. The van der Waals surface area contributed by atoms with Crippen LogP contribution >= 0.6 is 12.6 Å². The number of aryl methyl sites for hydroxylation is 2. The monoisotopic (exact) mass is 249 g/mol. The average Bonchev–Trinajstić information content (AvgIpc) is 2.67. The summed E-state index contributed by atoms with van der Waals surface area (Å²) >= 11 is 4.43. The van der Waals surface area contributed by atoms with Crippen LogP contribution in [0.25, 0.3) is 0 Å². The summed E-state index contributed by atoms with van der Waals surface area (Å²) in [5.74, 6) is 0.209. The molecule has 0 saturated carbocycles. The zero-order valence-electron chi connectivity index (χ0n) is 10.4. The van der Waals surface area contributed by atoms with Gasteiger partial charge in [-0.2, -0.15) is 12.6 Å². The number of amides is 1. The Morgan fingerprint density at radius 3 is 2.29 bits per heavy atom. The molecule has 1 aromatic carbocycles. The van der Waals surface area contributed by atoms with Gasteiger partial charge in [0.2, 0.25) is 5.91 Å². The van der Waals surface area contributed by atoms with Crippen LogP contribution < -0.4 is 4.90 Å². The van der Waals surface area contributed by atoms with E-state index in [-0.39, 0.29) is 11.2 Å². The molecule has 1 atom stereocenters. The molecule has 1 aliphatic heterocycles. The molecule has 0 radical (unpaired) electrons. The number of anilines is 1. The number of para-hydroxylation sites is 1. The van der Waals surface area contributed by atoms with Crippen LogP contribution in [-0.2, 0) is 17.6 Å². The zero-order chi connectivity index (χ0) is 12.4. The summed E-state index contributed by atoms with van der Waals surface area (Å²) in [5, 5.41) is 0.178. The predicted octanol–water partition coefficient (Wildman–Crippen LogP) is 2.85. The smallest absolute Gasteiger partial charge is 0.228 e. The number of rotatable bonds is 3. The van der Waals surface area contributed by atoms with Crippen LogP contribution in [0, 0.1) is 0 Å². The molecule has 2 nitrogen and oxygen atoms in total. The van der Waals surface area contributed by atoms with E-state index in [1.807, 2.05) is 4.90 Å². The van der Waals surface area contributed by atoms with Crippen molar-refractivity contribution in [1.29, 1.82) is 0 Å². The first-order valence-corrected chi connectivity index (χ1v) is 6.78. The van der Waals surface area contributed by atoms with Gasteiger partial charge in [-0.05, 0) is 24.0 Å². The van der Waals surface area contributed by atoms with Gasteiger partial charge in [0, 0.05) is 18.2 Å². The van der Waals surface area contributed by atoms with E-state index in [0.29, 0.717) is 6.42 Å². The number of nitrogens with zero attached hydrogens (tertiary/aromatic N) is 1. The van der Waals surface area contributed by atoms with Crippen LogP contribution in [0.5, 0.6) is 0 Å². The highest BCUT2D eigenvalue weighted by molar-refractivity contribution is 7.81. The lowest BCUT2D eigenvalue weighted by molar-refractivity contribution is -0.117. The molecule has 1 heterocycles. The lowest BCUT2D eigenvalue weighted by atomic mass is 10.0. The molecule has 1 saturated heterocycles. The molecule has 1 fully saturated rings. The molecule has 3 heteroatoms. The van der Waals surface area contributed by atoms with Crippen molar-refractivity contribution in [2.24, 2.45) is 0 Å². The van der Waals surface area contributed by atoms with E-state index in [1.54, 1.807) is 0 Å². The molecule has 0 bridgehead atoms. The summed E-state index contributed by atoms with van der Waals surface area (Å²) in [6.45, 7) is 5.01. The van der Waals surface area contributed by atoms with E-state index in [2.05, 4.69) is 44.7 Å². The Hall–Kier alpha value is -0.960. The minimum Gasteiger partial charge on any atom is -0.311 e. The highest BCUT2D eigenvalue weighted by Gasteiger charge is 2.30. The van der Waals surface area contributed by atoms with Crippen molar-refractivity contribution < 1.29 is 4.79 Å². The van der Waals surface area contributed by atoms with Crippen molar-refractivity contribution >= 4 is 24.2 Å². The van der Waals surface area contributed by atoms with Gasteiger partial charge < -0.3 is 4.90 Å². The highest BCUT2D eigenvalue weighted by Crippen LogP contribution is 2.31. The first-order chi connectivity index (χ1) is 8.17. The fourth-order valence-corrected chi connectivity index (χ4v) is 2.79. The van der Waals surface area contributed by atoms with E-state index >= 15 is 0 Å². The van der Waals surface area contributed by atoms with E-state index in [0.717, 1.165) is 25.1 Å². The third-order valence-electron chi connectivity index (χ3n) is 3.34. The van der Waals surface area contributed by atoms with E-state index in [4.69, 9.17) is 0 Å². The zero-order valence-corrected chi connectivity index (χ0v) is 11.3. The van der Waals surface area contributed by atoms with Gasteiger partial charge in [0.1, 0.15) is 0 Å². The van der Waals surface area contributed by atoms with Crippen molar-refractivity contribution in [1.82, 2.24) is 0 Å². The van der Waals surface area contributed by atoms with Crippen LogP contribution in [0.15, 0.2) is 18.2 Å². The standard InChI is InChI=1S/C14H19NOS/c1-3-10-6-5-7-11(4-2)14(10)15-9-12(17)8-13(15)16/h5-7,12,17H,3-4,8-9H2,1-2H3. The minimum absolute atomic E-state index is 0.178. The third kappa shape index (κ3) is 2.34. The van der Waals surface area contributed by atoms with Gasteiger partial charge in [-0.15, -0.1) is 0 Å². The molecule has 1 unspecified atom stereocenters. The summed E-state index contributed by atoms with van der Waals surface area (Å²) in [4.78, 5) is 13.9. The maximum absolute atomic E-state index is 12.0. The topological polar surface area (TPSA) is 20.3 Å². The fourth-order valence-electron chi connectivity index (χ4n) is 2.47. The summed E-state index contributed by atoms with van der Waals surface area (Å²) in [6, 6.07) is 6.32. The van der Waals surface area contributed by atoms with Crippen molar-refractivity contribution in [3.63, 3.8) is 0 Å². The van der Waals surface area contributed by atoms with Crippen molar-refractivity contribution in [2.45, 2.75) is 38.4 Å². The molecule has 0 aliphatic carbocycles. The second kappa shape index (κ2) is 5.13. The second-order valence-electron chi connectivity index (χ2n) is 4.49. The van der Waals surface area contributed by atoms with Gasteiger partial charge in [0.25, 0.3) is 0 Å². The Balaban J connectivity index is 2.46. The Bertz CT molecular complexity index is 408. The molecular formula is C14H19NOS. The van der Waals surface area contributed by atoms with Gasteiger partial charge in [-0.25, -0.2) is 0 Å². The maximum atomic E-state index is 12.0. The third-order valence-corrected chi connectivity index (χ3v) is 3.69. The molecule has 92 valence electrons. The van der Waals surface area contributed by atoms with E-state index < -0.39 is 0 Å². The van der Waals surface area contributed by atoms with Crippen LogP contribution in [0.2, 0.25) is 0 Å². The second-order valence-corrected chi connectivity index (χ2v) is 5.22. The Kier molecular flexibility index (Phi) is 3.77. The Labute approximate surface area is 108 Å². The van der Waals surface area contributed by atoms with E-state index in [1.165, 1.54) is 11.1 Å². The number of carbonyl (C=O) groups is 1. The largest absolute Gasteiger partial charge is 0.311 e. The van der Waals surface area contributed by atoms with Crippen molar-refractivity contribution in [3.8, 4) is 0 Å². The van der Waals surface area contributed by atoms with Crippen LogP contribution in [0.4, 0.5) is 5.69 Å². The molecule has 1 aliphatic rings. The first kappa shape index (κ1) is 12.5. The molecule has 1 aromatic rings. The minimum atomic E-state index is 0.178. The molecule has 17 heavy (non-hydrogen) atoms. The quantitative estimate of drug-likeness (QED) is 0.817. The van der Waals surface area contributed by atoms with E-state index in [9.17, 15) is 4.79 Å². The summed E-state index contributed by atoms with van der Waals surface area (Å²) in [5.41, 5.74) is 3.67. The summed E-state index contributed by atoms with van der Waals surface area (Å²) < 4.78 is 0. The number of benzene rings is 1. The molecule has 2 rings (SSSR count). The maximum Gasteiger partial charge on any atom is 0.228 e. The Morgan fingerprint density at radius 1 is 1.29 bits per heavy atom. The SMILES string of the molecule is CCc1cccc(CC)c1N1CC(S)CC1=O. The van der Waals surface area contributed by atoms with Crippen LogP contribution in [0.1, 0.15) is 31.4 Å². The van der Waals surface area contributed by atoms with Gasteiger partial charge in [0.15, 0.2) is 0 Å². The van der Waals surface area contributed by atoms with Gasteiger partial charge >= 0.3 is 0 Å². The number of thiol groups is 1. The van der Waals surface area contributed by atoms with Gasteiger partial charge in [-0.3, -0.25) is 4.79 Å². The normalized spacial score (nSPS) is 20.1. The fraction of sp³-hybridized carbons (Fsp3) is 0.500. The molecule has 0 spiro atoms. The Morgan fingerprint density at radius 2 is 1.88 bits per heavy atom. The van der Waals surface area contributed by atoms with Gasteiger partial charge in [-0.1, -0.05) is 32.0 Å². The van der Waals surface area contributed by atoms with Crippen LogP contribution in [0.3, 0.4) is 0 Å². The van der Waals surface area contributed by atoms with Crippen LogP contribution in [-0.4, -0.2) is 17.7 Å². The molecule has 0 N–H and O–H groups in total. The summed E-state index contributed by atoms with van der Waals surface area (Å²) in [7, 11) is 0. The average molecular weight is 249 g/mol. The predicted molar refractivity (Wildman–Crippen MR) is 74.9 cm³/mol. The van der Waals surface area contributed by atoms with Gasteiger partial charge in [0.05, 0.1) is 5.69 Å². The first-order valence-electron chi connectivity index (χ1n) is 6.26. The molecule has 0 aromatic heterocycles. The lowest BCUT2D eigenvalue weighted by Gasteiger charge is -2.23. The number of hydrogen-bond acceptors (Lipinski definition) is 2. The van der Waals surface area contributed by atoms with Crippen molar-refractivity contribution in [3.05, 3.63) is 29.3 Å². The highest BCUT2D eigenvalue weighted by atomic mass is 32.1. The lowest BCUT2D eigenvalue weighted by Crippen LogP contribution is -2.27. The summed E-state index contributed by atoms with van der Waals surface area (Å²) in [6.07, 6.45) is 2.48.